The minimum absolute atomic E-state index is 0.183. The van der Waals surface area contributed by atoms with E-state index in [0.717, 1.165) is 30.4 Å². The van der Waals surface area contributed by atoms with Crippen LogP contribution in [0.4, 0.5) is 5.69 Å². The summed E-state index contributed by atoms with van der Waals surface area (Å²) in [5, 5.41) is 8.43. The molecule has 0 aromatic heterocycles. The zero-order valence-corrected chi connectivity index (χ0v) is 11.6. The number of rotatable bonds is 4. The van der Waals surface area contributed by atoms with Crippen LogP contribution in [-0.2, 0) is 16.4 Å². The van der Waals surface area contributed by atoms with E-state index in [1.54, 1.807) is 12.1 Å². The molecule has 1 aliphatic carbocycles. The SMILES string of the molecule is CCc1cc(C#CCO)ccc1NS(=O)(=O)C1CC1. The van der Waals surface area contributed by atoms with Crippen molar-refractivity contribution in [3.05, 3.63) is 29.3 Å². The molecule has 0 bridgehead atoms. The summed E-state index contributed by atoms with van der Waals surface area (Å²) in [6.07, 6.45) is 2.21. The lowest BCUT2D eigenvalue weighted by Gasteiger charge is -2.11. The van der Waals surface area contributed by atoms with Gasteiger partial charge >= 0.3 is 0 Å². The zero-order chi connectivity index (χ0) is 13.9. The Balaban J connectivity index is 2.25. The van der Waals surface area contributed by atoms with E-state index in [9.17, 15) is 8.42 Å². The van der Waals surface area contributed by atoms with Crippen molar-refractivity contribution in [3.63, 3.8) is 0 Å². The standard InChI is InChI=1S/C14H17NO3S/c1-2-12-10-11(4-3-9-16)5-8-14(12)15-19(17,18)13-6-7-13/h5,8,10,13,15-16H,2,6-7,9H2,1H3. The smallest absolute Gasteiger partial charge is 0.235 e. The Kier molecular flexibility index (Phi) is 4.13. The molecule has 0 atom stereocenters. The van der Waals surface area contributed by atoms with E-state index in [1.807, 2.05) is 13.0 Å². The van der Waals surface area contributed by atoms with Crippen LogP contribution in [-0.4, -0.2) is 25.4 Å². The molecule has 2 rings (SSSR count). The third-order valence-electron chi connectivity index (χ3n) is 3.01. The Labute approximate surface area is 113 Å². The summed E-state index contributed by atoms with van der Waals surface area (Å²) in [4.78, 5) is 0. The van der Waals surface area contributed by atoms with E-state index in [4.69, 9.17) is 5.11 Å². The second-order valence-electron chi connectivity index (χ2n) is 4.53. The molecule has 0 heterocycles. The van der Waals surface area contributed by atoms with Crippen LogP contribution in [0.15, 0.2) is 18.2 Å². The van der Waals surface area contributed by atoms with Crippen molar-refractivity contribution in [1.82, 2.24) is 0 Å². The number of anilines is 1. The van der Waals surface area contributed by atoms with Crippen LogP contribution in [0.2, 0.25) is 0 Å². The molecule has 1 aromatic rings. The lowest BCUT2D eigenvalue weighted by Crippen LogP contribution is -2.18. The Morgan fingerprint density at radius 1 is 1.42 bits per heavy atom. The predicted octanol–water partition coefficient (Wildman–Crippen LogP) is 1.50. The van der Waals surface area contributed by atoms with E-state index >= 15 is 0 Å². The van der Waals surface area contributed by atoms with E-state index in [-0.39, 0.29) is 11.9 Å². The van der Waals surface area contributed by atoms with Crippen molar-refractivity contribution in [3.8, 4) is 11.8 Å². The van der Waals surface area contributed by atoms with Gasteiger partial charge in [0.2, 0.25) is 10.0 Å². The molecule has 0 radical (unpaired) electrons. The largest absolute Gasteiger partial charge is 0.384 e. The average molecular weight is 279 g/mol. The highest BCUT2D eigenvalue weighted by Gasteiger charge is 2.35. The van der Waals surface area contributed by atoms with Crippen molar-refractivity contribution in [1.29, 1.82) is 0 Å². The molecule has 0 aliphatic heterocycles. The predicted molar refractivity (Wildman–Crippen MR) is 75.3 cm³/mol. The fourth-order valence-corrected chi connectivity index (χ4v) is 3.25. The van der Waals surface area contributed by atoms with Crippen LogP contribution in [0.3, 0.4) is 0 Å². The quantitative estimate of drug-likeness (QED) is 0.821. The number of benzene rings is 1. The van der Waals surface area contributed by atoms with Crippen molar-refractivity contribution >= 4 is 15.7 Å². The van der Waals surface area contributed by atoms with Gasteiger partial charge in [0.1, 0.15) is 6.61 Å². The van der Waals surface area contributed by atoms with Gasteiger partial charge < -0.3 is 5.11 Å². The van der Waals surface area contributed by atoms with Crippen molar-refractivity contribution in [2.75, 3.05) is 11.3 Å². The van der Waals surface area contributed by atoms with E-state index in [1.165, 1.54) is 0 Å². The maximum Gasteiger partial charge on any atom is 0.235 e. The minimum atomic E-state index is -3.23. The molecule has 1 saturated carbocycles. The summed E-state index contributed by atoms with van der Waals surface area (Å²) < 4.78 is 26.5. The number of sulfonamides is 1. The number of nitrogens with one attached hydrogen (secondary N) is 1. The maximum absolute atomic E-state index is 11.9. The second kappa shape index (κ2) is 5.64. The van der Waals surface area contributed by atoms with Gasteiger partial charge in [-0.05, 0) is 43.0 Å². The van der Waals surface area contributed by atoms with Gasteiger partial charge in [-0.15, -0.1) is 0 Å². The lowest BCUT2D eigenvalue weighted by molar-refractivity contribution is 0.350. The fraction of sp³-hybridized carbons (Fsp3) is 0.429. The Morgan fingerprint density at radius 3 is 2.74 bits per heavy atom. The molecule has 5 heteroatoms. The van der Waals surface area contributed by atoms with Crippen LogP contribution in [0.1, 0.15) is 30.9 Å². The normalized spacial score (nSPS) is 14.6. The monoisotopic (exact) mass is 279 g/mol. The summed E-state index contributed by atoms with van der Waals surface area (Å²) in [5.41, 5.74) is 2.32. The Bertz CT molecular complexity index is 622. The fourth-order valence-electron chi connectivity index (χ4n) is 1.82. The molecular weight excluding hydrogens is 262 g/mol. The van der Waals surface area contributed by atoms with Gasteiger partial charge in [0.25, 0.3) is 0 Å². The molecule has 0 amide bonds. The van der Waals surface area contributed by atoms with Gasteiger partial charge in [0.15, 0.2) is 0 Å². The van der Waals surface area contributed by atoms with E-state index in [2.05, 4.69) is 16.6 Å². The van der Waals surface area contributed by atoms with Crippen molar-refractivity contribution in [2.45, 2.75) is 31.4 Å². The molecule has 2 N–H and O–H groups in total. The molecule has 19 heavy (non-hydrogen) atoms. The summed E-state index contributed by atoms with van der Waals surface area (Å²) >= 11 is 0. The third kappa shape index (κ3) is 3.49. The first-order valence-electron chi connectivity index (χ1n) is 6.31. The molecule has 0 spiro atoms. The van der Waals surface area contributed by atoms with Gasteiger partial charge in [0.05, 0.1) is 10.9 Å². The van der Waals surface area contributed by atoms with Gasteiger partial charge in [0, 0.05) is 5.56 Å². The molecule has 0 saturated heterocycles. The van der Waals surface area contributed by atoms with Crippen LogP contribution < -0.4 is 4.72 Å². The van der Waals surface area contributed by atoms with Gasteiger partial charge in [-0.1, -0.05) is 18.8 Å². The average Bonchev–Trinajstić information content (AvgIpc) is 3.21. The number of hydrogen-bond donors (Lipinski definition) is 2. The maximum atomic E-state index is 11.9. The highest BCUT2D eigenvalue weighted by Crippen LogP contribution is 2.30. The molecule has 102 valence electrons. The van der Waals surface area contributed by atoms with Gasteiger partial charge in [-0.25, -0.2) is 8.42 Å². The van der Waals surface area contributed by atoms with Gasteiger partial charge in [-0.3, -0.25) is 4.72 Å². The first-order valence-corrected chi connectivity index (χ1v) is 7.85. The molecule has 1 aromatic carbocycles. The number of aryl methyl sites for hydroxylation is 1. The van der Waals surface area contributed by atoms with Gasteiger partial charge in [-0.2, -0.15) is 0 Å². The Morgan fingerprint density at radius 2 is 2.16 bits per heavy atom. The van der Waals surface area contributed by atoms with Crippen molar-refractivity contribution in [2.24, 2.45) is 0 Å². The van der Waals surface area contributed by atoms with Crippen LogP contribution in [0.5, 0.6) is 0 Å². The summed E-state index contributed by atoms with van der Waals surface area (Å²) in [5.74, 6) is 5.40. The lowest BCUT2D eigenvalue weighted by atomic mass is 10.1. The molecule has 1 aliphatic rings. The zero-order valence-electron chi connectivity index (χ0n) is 10.8. The molecule has 0 unspecified atom stereocenters. The highest BCUT2D eigenvalue weighted by atomic mass is 32.2. The first kappa shape index (κ1) is 13.9. The number of aliphatic hydroxyl groups is 1. The Hall–Kier alpha value is -1.51. The van der Waals surface area contributed by atoms with E-state index < -0.39 is 10.0 Å². The number of hydrogen-bond acceptors (Lipinski definition) is 3. The van der Waals surface area contributed by atoms with Crippen LogP contribution in [0, 0.1) is 11.8 Å². The molecule has 1 fully saturated rings. The topological polar surface area (TPSA) is 66.4 Å². The minimum Gasteiger partial charge on any atom is -0.384 e. The van der Waals surface area contributed by atoms with Crippen molar-refractivity contribution < 1.29 is 13.5 Å². The summed E-state index contributed by atoms with van der Waals surface area (Å²) in [6, 6.07) is 5.35. The highest BCUT2D eigenvalue weighted by molar-refractivity contribution is 7.93. The van der Waals surface area contributed by atoms with E-state index in [0.29, 0.717) is 5.69 Å². The third-order valence-corrected chi connectivity index (χ3v) is 4.87. The van der Waals surface area contributed by atoms with Crippen LogP contribution >= 0.6 is 0 Å². The summed E-state index contributed by atoms with van der Waals surface area (Å²) in [7, 11) is -3.23. The second-order valence-corrected chi connectivity index (χ2v) is 6.49. The van der Waals surface area contributed by atoms with Crippen LogP contribution in [0.25, 0.3) is 0 Å². The molecular formula is C14H17NO3S. The first-order chi connectivity index (χ1) is 9.06. The number of aliphatic hydroxyl groups excluding tert-OH is 1. The molecule has 4 nitrogen and oxygen atoms in total. The summed E-state index contributed by atoms with van der Waals surface area (Å²) in [6.45, 7) is 1.78.